The number of hydrogen-bond donors (Lipinski definition) is 3. The molecule has 1 aromatic rings. The second-order valence-electron chi connectivity index (χ2n) is 7.45. The van der Waals surface area contributed by atoms with E-state index in [1.807, 2.05) is 18.2 Å². The molecule has 7 nitrogen and oxygen atoms in total. The lowest BCUT2D eigenvalue weighted by Gasteiger charge is -2.08. The van der Waals surface area contributed by atoms with Crippen LogP contribution in [0, 0.1) is 0 Å². The molecular formula is C23H24N2O5S. The van der Waals surface area contributed by atoms with Crippen LogP contribution in [0.15, 0.2) is 65.6 Å². The summed E-state index contributed by atoms with van der Waals surface area (Å²) >= 11 is 0. The normalized spacial score (nSPS) is 11.6. The SMILES string of the molecule is CC(C)c1ccc2c(CNC(=O)CNS(=O)(=O)c3ccccc3)cc(C(=O)O)c-2cc1. The van der Waals surface area contributed by atoms with Crippen LogP contribution in [-0.2, 0) is 21.4 Å². The molecule has 0 atom stereocenters. The third kappa shape index (κ3) is 5.28. The molecule has 0 aliphatic heterocycles. The molecule has 0 radical (unpaired) electrons. The number of carboxylic acid groups (broad SMARTS) is 1. The Balaban J connectivity index is 1.73. The molecule has 31 heavy (non-hydrogen) atoms. The number of sulfonamides is 1. The van der Waals surface area contributed by atoms with E-state index in [0.717, 1.165) is 11.1 Å². The lowest BCUT2D eigenvalue weighted by Crippen LogP contribution is -2.36. The molecule has 2 aliphatic carbocycles. The van der Waals surface area contributed by atoms with Gasteiger partial charge in [0, 0.05) is 6.54 Å². The average Bonchev–Trinajstić information content (AvgIpc) is 2.93. The molecule has 2 aliphatic rings. The quantitative estimate of drug-likeness (QED) is 0.498. The summed E-state index contributed by atoms with van der Waals surface area (Å²) in [6.45, 7) is 3.76. The van der Waals surface area contributed by atoms with Crippen LogP contribution in [0.5, 0.6) is 0 Å². The molecule has 0 bridgehead atoms. The number of rotatable bonds is 8. The minimum atomic E-state index is -3.79. The fraction of sp³-hybridized carbons (Fsp3) is 0.217. The lowest BCUT2D eigenvalue weighted by atomic mass is 10.1. The maximum atomic E-state index is 12.2. The number of nitrogens with one attached hydrogen (secondary N) is 2. The second kappa shape index (κ2) is 9.28. The minimum Gasteiger partial charge on any atom is -0.478 e. The van der Waals surface area contributed by atoms with Gasteiger partial charge in [0.1, 0.15) is 0 Å². The minimum absolute atomic E-state index is 0.0735. The molecule has 0 heterocycles. The van der Waals surface area contributed by atoms with Crippen molar-refractivity contribution in [3.8, 4) is 11.1 Å². The first kappa shape index (κ1) is 22.5. The average molecular weight is 441 g/mol. The van der Waals surface area contributed by atoms with Crippen LogP contribution in [0.25, 0.3) is 11.1 Å². The van der Waals surface area contributed by atoms with E-state index in [1.54, 1.807) is 24.3 Å². The predicted molar refractivity (Wildman–Crippen MR) is 118 cm³/mol. The van der Waals surface area contributed by atoms with E-state index < -0.39 is 28.4 Å². The van der Waals surface area contributed by atoms with Crippen molar-refractivity contribution in [3.63, 3.8) is 0 Å². The number of fused-ring (bicyclic) bond motifs is 1. The van der Waals surface area contributed by atoms with Gasteiger partial charge < -0.3 is 10.4 Å². The van der Waals surface area contributed by atoms with Gasteiger partial charge in [0.05, 0.1) is 17.0 Å². The lowest BCUT2D eigenvalue weighted by molar-refractivity contribution is -0.120. The summed E-state index contributed by atoms with van der Waals surface area (Å²) in [5, 5.41) is 12.2. The molecule has 0 unspecified atom stereocenters. The van der Waals surface area contributed by atoms with Gasteiger partial charge >= 0.3 is 5.97 Å². The Labute approximate surface area is 181 Å². The topological polar surface area (TPSA) is 113 Å². The van der Waals surface area contributed by atoms with Gasteiger partial charge in [-0.2, -0.15) is 0 Å². The van der Waals surface area contributed by atoms with Gasteiger partial charge in [-0.15, -0.1) is 0 Å². The number of aromatic carboxylic acids is 1. The number of carbonyl (C=O) groups is 2. The Morgan fingerprint density at radius 3 is 2.23 bits per heavy atom. The standard InChI is InChI=1S/C23H24N2O5S/c1-15(2)16-8-10-19-17(12-21(23(27)28)20(19)11-9-16)13-24-22(26)14-25-31(29,30)18-6-4-3-5-7-18/h3-12,15,25H,13-14H2,1-2H3,(H,24,26)(H,27,28). The van der Waals surface area contributed by atoms with Crippen LogP contribution in [-0.4, -0.2) is 31.9 Å². The largest absolute Gasteiger partial charge is 0.478 e. The summed E-state index contributed by atoms with van der Waals surface area (Å²) < 4.78 is 26.7. The molecule has 0 saturated heterocycles. The third-order valence-corrected chi connectivity index (χ3v) is 6.40. The monoisotopic (exact) mass is 440 g/mol. The highest BCUT2D eigenvalue weighted by atomic mass is 32.2. The smallest absolute Gasteiger partial charge is 0.336 e. The molecule has 0 aromatic heterocycles. The van der Waals surface area contributed by atoms with Gasteiger partial charge in [-0.1, -0.05) is 56.3 Å². The van der Waals surface area contributed by atoms with E-state index in [-0.39, 0.29) is 22.9 Å². The number of amides is 1. The summed E-state index contributed by atoms with van der Waals surface area (Å²) in [7, 11) is -3.79. The molecule has 3 rings (SSSR count). The van der Waals surface area contributed by atoms with Crippen molar-refractivity contribution in [2.24, 2.45) is 0 Å². The van der Waals surface area contributed by atoms with E-state index in [4.69, 9.17) is 0 Å². The van der Waals surface area contributed by atoms with Crippen molar-refractivity contribution in [2.45, 2.75) is 31.2 Å². The maximum Gasteiger partial charge on any atom is 0.336 e. The highest BCUT2D eigenvalue weighted by Crippen LogP contribution is 2.33. The van der Waals surface area contributed by atoms with E-state index in [2.05, 4.69) is 23.9 Å². The number of carbonyl (C=O) groups excluding carboxylic acids is 1. The Bertz CT molecular complexity index is 1170. The van der Waals surface area contributed by atoms with Crippen LogP contribution >= 0.6 is 0 Å². The highest BCUT2D eigenvalue weighted by Gasteiger charge is 2.20. The molecule has 1 amide bonds. The van der Waals surface area contributed by atoms with E-state index in [9.17, 15) is 23.1 Å². The first-order chi connectivity index (χ1) is 14.7. The van der Waals surface area contributed by atoms with E-state index in [0.29, 0.717) is 11.1 Å². The van der Waals surface area contributed by atoms with Gasteiger partial charge in [-0.3, -0.25) is 4.79 Å². The summed E-state index contributed by atoms with van der Waals surface area (Å²) in [5.41, 5.74) is 3.20. The van der Waals surface area contributed by atoms with Crippen molar-refractivity contribution in [1.29, 1.82) is 0 Å². The molecule has 3 N–H and O–H groups in total. The molecule has 0 saturated carbocycles. The highest BCUT2D eigenvalue weighted by molar-refractivity contribution is 7.89. The first-order valence-electron chi connectivity index (χ1n) is 9.79. The van der Waals surface area contributed by atoms with Crippen LogP contribution in [0.3, 0.4) is 0 Å². The zero-order valence-corrected chi connectivity index (χ0v) is 18.1. The molecule has 0 fully saturated rings. The molecular weight excluding hydrogens is 416 g/mol. The molecule has 8 heteroatoms. The van der Waals surface area contributed by atoms with E-state index in [1.165, 1.54) is 18.2 Å². The van der Waals surface area contributed by atoms with Crippen molar-refractivity contribution < 1.29 is 23.1 Å². The number of benzene rings is 1. The predicted octanol–water partition coefficient (Wildman–Crippen LogP) is 3.21. The Hall–Kier alpha value is -3.23. The fourth-order valence-corrected chi connectivity index (χ4v) is 4.25. The number of carboxylic acids is 1. The van der Waals surface area contributed by atoms with Crippen LogP contribution in [0.1, 0.15) is 41.3 Å². The van der Waals surface area contributed by atoms with E-state index >= 15 is 0 Å². The van der Waals surface area contributed by atoms with Crippen LogP contribution in [0.2, 0.25) is 0 Å². The Kier molecular flexibility index (Phi) is 6.72. The van der Waals surface area contributed by atoms with Gasteiger partial charge in [0.15, 0.2) is 0 Å². The van der Waals surface area contributed by atoms with Crippen molar-refractivity contribution >= 4 is 21.9 Å². The molecule has 0 spiro atoms. The summed E-state index contributed by atoms with van der Waals surface area (Å²) in [6.07, 6.45) is 0. The zero-order chi connectivity index (χ0) is 22.6. The Morgan fingerprint density at radius 1 is 0.968 bits per heavy atom. The first-order valence-corrected chi connectivity index (χ1v) is 11.3. The van der Waals surface area contributed by atoms with Gasteiger partial charge in [-0.05, 0) is 46.4 Å². The van der Waals surface area contributed by atoms with Gasteiger partial charge in [0.2, 0.25) is 15.9 Å². The maximum absolute atomic E-state index is 12.2. The molecule has 162 valence electrons. The van der Waals surface area contributed by atoms with Crippen LogP contribution < -0.4 is 10.0 Å². The Morgan fingerprint density at radius 2 is 1.61 bits per heavy atom. The van der Waals surface area contributed by atoms with Crippen LogP contribution in [0.4, 0.5) is 0 Å². The van der Waals surface area contributed by atoms with Gasteiger partial charge in [0.25, 0.3) is 0 Å². The summed E-state index contributed by atoms with van der Waals surface area (Å²) in [6, 6.07) is 16.8. The third-order valence-electron chi connectivity index (χ3n) is 4.98. The van der Waals surface area contributed by atoms with Crippen molar-refractivity contribution in [2.75, 3.05) is 6.54 Å². The fourth-order valence-electron chi connectivity index (χ4n) is 3.25. The molecule has 1 aromatic carbocycles. The summed E-state index contributed by atoms with van der Waals surface area (Å²) in [4.78, 5) is 24.0. The number of hydrogen-bond acceptors (Lipinski definition) is 4. The zero-order valence-electron chi connectivity index (χ0n) is 17.3. The summed E-state index contributed by atoms with van der Waals surface area (Å²) in [5.74, 6) is -1.28. The second-order valence-corrected chi connectivity index (χ2v) is 9.22. The van der Waals surface area contributed by atoms with Crippen molar-refractivity contribution in [1.82, 2.24) is 10.0 Å². The van der Waals surface area contributed by atoms with Crippen molar-refractivity contribution in [3.05, 3.63) is 77.4 Å². The van der Waals surface area contributed by atoms with Gasteiger partial charge in [-0.25, -0.2) is 17.9 Å².